The maximum atomic E-state index is 12.6. The van der Waals surface area contributed by atoms with Crippen LogP contribution in [0.5, 0.6) is 0 Å². The Morgan fingerprint density at radius 3 is 2.12 bits per heavy atom. The molecule has 5 aliphatic carbocycles. The zero-order chi connectivity index (χ0) is 31.4. The Labute approximate surface area is 258 Å². The molecular formula is C36H54O7. The molecule has 4 saturated carbocycles. The highest BCUT2D eigenvalue weighted by Crippen LogP contribution is 2.79. The van der Waals surface area contributed by atoms with E-state index in [9.17, 15) is 14.4 Å². The maximum absolute atomic E-state index is 12.6. The van der Waals surface area contributed by atoms with Crippen molar-refractivity contribution in [1.29, 1.82) is 0 Å². The van der Waals surface area contributed by atoms with Gasteiger partial charge in [-0.05, 0) is 79.4 Å². The van der Waals surface area contributed by atoms with Gasteiger partial charge >= 0.3 is 17.9 Å². The second-order valence-corrected chi connectivity index (χ2v) is 17.1. The maximum Gasteiger partial charge on any atom is 0.302 e. The van der Waals surface area contributed by atoms with Gasteiger partial charge in [-0.2, -0.15) is 0 Å². The van der Waals surface area contributed by atoms with Gasteiger partial charge in [-0.3, -0.25) is 14.4 Å². The van der Waals surface area contributed by atoms with Crippen molar-refractivity contribution in [1.82, 2.24) is 0 Å². The van der Waals surface area contributed by atoms with Crippen molar-refractivity contribution >= 4 is 17.9 Å². The molecule has 0 N–H and O–H groups in total. The fourth-order valence-electron chi connectivity index (χ4n) is 12.3. The van der Waals surface area contributed by atoms with Crippen LogP contribution in [0.15, 0.2) is 12.2 Å². The first-order chi connectivity index (χ1) is 19.9. The van der Waals surface area contributed by atoms with Gasteiger partial charge in [0.1, 0.15) is 18.8 Å². The fraction of sp³-hybridized carbons (Fsp3) is 0.861. The van der Waals surface area contributed by atoms with Crippen LogP contribution >= 0.6 is 0 Å². The number of esters is 3. The first-order valence-electron chi connectivity index (χ1n) is 16.7. The third-order valence-corrected chi connectivity index (χ3v) is 14.5. The molecule has 0 aromatic rings. The number of fused-ring (bicyclic) bond motifs is 4. The summed E-state index contributed by atoms with van der Waals surface area (Å²) in [5.41, 5.74) is -1.28. The predicted octanol–water partition coefficient (Wildman–Crippen LogP) is 6.81. The van der Waals surface area contributed by atoms with Crippen LogP contribution in [0.25, 0.3) is 0 Å². The summed E-state index contributed by atoms with van der Waals surface area (Å²) in [5.74, 6) is -0.0523. The lowest BCUT2D eigenvalue weighted by molar-refractivity contribution is -0.263. The monoisotopic (exact) mass is 598 g/mol. The van der Waals surface area contributed by atoms with Crippen LogP contribution in [0.4, 0.5) is 0 Å². The highest BCUT2D eigenvalue weighted by molar-refractivity contribution is 5.67. The second kappa shape index (κ2) is 9.56. The van der Waals surface area contributed by atoms with E-state index >= 15 is 0 Å². The smallest absolute Gasteiger partial charge is 0.302 e. The lowest BCUT2D eigenvalue weighted by Gasteiger charge is -2.73. The fourth-order valence-corrected chi connectivity index (χ4v) is 12.3. The summed E-state index contributed by atoms with van der Waals surface area (Å²) in [6, 6.07) is 0. The molecule has 1 aliphatic heterocycles. The van der Waals surface area contributed by atoms with Gasteiger partial charge in [0.25, 0.3) is 0 Å². The van der Waals surface area contributed by atoms with Crippen LogP contribution in [0, 0.1) is 50.2 Å². The van der Waals surface area contributed by atoms with E-state index in [1.807, 2.05) is 0 Å². The predicted molar refractivity (Wildman–Crippen MR) is 162 cm³/mol. The van der Waals surface area contributed by atoms with Crippen LogP contribution in [0.2, 0.25) is 0 Å². The minimum atomic E-state index is -0.491. The third kappa shape index (κ3) is 4.04. The summed E-state index contributed by atoms with van der Waals surface area (Å²) in [5, 5.41) is 0. The average Bonchev–Trinajstić information content (AvgIpc) is 3.16. The van der Waals surface area contributed by atoms with Gasteiger partial charge in [-0.1, -0.05) is 53.7 Å². The standard InChI is InChI=1S/C36H54O7/c1-22(37)40-20-32(7)25-10-14-33(8)26(31(25,6)13-12-28(32)42-23(2)38)11-15-36-27-18-30(4,5)16-17-35(27,21-41-36)29(43-24(3)39)19-34(33,36)9/h11,15,25-29H,10,12-14,16-21H2,1-9H3/t25-,26-,27-,28+,29-,31+,32+,33-,34+,35-,36+/m1/s1. The lowest BCUT2D eigenvalue weighted by atomic mass is 9.32. The van der Waals surface area contributed by atoms with Crippen LogP contribution in [0.1, 0.15) is 114 Å². The van der Waals surface area contributed by atoms with Gasteiger partial charge in [-0.15, -0.1) is 0 Å². The summed E-state index contributed by atoms with van der Waals surface area (Å²) in [6.45, 7) is 19.7. The molecular weight excluding hydrogens is 544 g/mol. The van der Waals surface area contributed by atoms with Crippen LogP contribution in [-0.2, 0) is 33.3 Å². The van der Waals surface area contributed by atoms with Crippen molar-refractivity contribution in [3.63, 3.8) is 0 Å². The summed E-state index contributed by atoms with van der Waals surface area (Å²) in [6.07, 6.45) is 12.1. The van der Waals surface area contributed by atoms with E-state index in [2.05, 4.69) is 53.7 Å². The number of allylic oxidation sites excluding steroid dienone is 1. The molecule has 7 heteroatoms. The number of rotatable bonds is 4. The first-order valence-corrected chi connectivity index (χ1v) is 16.7. The van der Waals surface area contributed by atoms with E-state index in [4.69, 9.17) is 18.9 Å². The number of ether oxygens (including phenoxy) is 4. The number of carbonyl (C=O) groups is 3. The number of carbonyl (C=O) groups excluding carboxylic acids is 3. The minimum absolute atomic E-state index is 0.102. The largest absolute Gasteiger partial charge is 0.465 e. The van der Waals surface area contributed by atoms with Crippen LogP contribution in [0.3, 0.4) is 0 Å². The molecule has 43 heavy (non-hydrogen) atoms. The zero-order valence-corrected chi connectivity index (χ0v) is 28.0. The van der Waals surface area contributed by atoms with Crippen molar-refractivity contribution in [2.24, 2.45) is 50.2 Å². The third-order valence-electron chi connectivity index (χ3n) is 14.5. The van der Waals surface area contributed by atoms with Crippen molar-refractivity contribution in [2.45, 2.75) is 131 Å². The van der Waals surface area contributed by atoms with Gasteiger partial charge in [-0.25, -0.2) is 0 Å². The molecule has 2 bridgehead atoms. The molecule has 240 valence electrons. The quantitative estimate of drug-likeness (QED) is 0.199. The zero-order valence-electron chi connectivity index (χ0n) is 28.0. The average molecular weight is 599 g/mol. The number of hydrogen-bond acceptors (Lipinski definition) is 7. The minimum Gasteiger partial charge on any atom is -0.465 e. The Balaban J connectivity index is 1.46. The van der Waals surface area contributed by atoms with Crippen molar-refractivity contribution < 1.29 is 33.3 Å². The molecule has 0 radical (unpaired) electrons. The molecule has 1 spiro atoms. The van der Waals surface area contributed by atoms with Gasteiger partial charge < -0.3 is 18.9 Å². The van der Waals surface area contributed by atoms with Gasteiger partial charge in [0, 0.05) is 42.9 Å². The summed E-state index contributed by atoms with van der Waals surface area (Å²) in [7, 11) is 0. The van der Waals surface area contributed by atoms with Crippen LogP contribution in [-0.4, -0.2) is 48.9 Å². The molecule has 7 nitrogen and oxygen atoms in total. The Morgan fingerprint density at radius 2 is 1.47 bits per heavy atom. The van der Waals surface area contributed by atoms with E-state index in [-0.39, 0.29) is 75.6 Å². The number of hydrogen-bond donors (Lipinski definition) is 0. The summed E-state index contributed by atoms with van der Waals surface area (Å²) >= 11 is 0. The molecule has 0 aromatic carbocycles. The SMILES string of the molecule is CC(=O)OC[C@@]1(C)[C@@H]2CC[C@]3(C)[C@H](C=C[C@]45OC[C@@]6(CCC(C)(C)C[C@H]64)[C@H](OC(C)=O)C[C@]53C)[C@@]2(C)CC[C@@H]1OC(C)=O. The molecule has 6 aliphatic rings. The molecule has 0 amide bonds. The normalized spacial score (nSPS) is 50.8. The highest BCUT2D eigenvalue weighted by Gasteiger charge is 2.79. The molecule has 1 heterocycles. The van der Waals surface area contributed by atoms with Crippen molar-refractivity contribution in [3.05, 3.63) is 12.2 Å². The van der Waals surface area contributed by atoms with Crippen molar-refractivity contribution in [3.8, 4) is 0 Å². The molecule has 11 atom stereocenters. The van der Waals surface area contributed by atoms with Gasteiger partial charge in [0.05, 0.1) is 12.2 Å². The first kappa shape index (κ1) is 31.1. The van der Waals surface area contributed by atoms with Gasteiger partial charge in [0.2, 0.25) is 0 Å². The Hall–Kier alpha value is -1.89. The Morgan fingerprint density at radius 1 is 0.791 bits per heavy atom. The van der Waals surface area contributed by atoms with Crippen LogP contribution < -0.4 is 0 Å². The van der Waals surface area contributed by atoms with Crippen molar-refractivity contribution in [2.75, 3.05) is 13.2 Å². The molecule has 6 rings (SSSR count). The molecule has 0 unspecified atom stereocenters. The van der Waals surface area contributed by atoms with E-state index < -0.39 is 11.0 Å². The van der Waals surface area contributed by atoms with E-state index in [1.165, 1.54) is 13.8 Å². The highest BCUT2D eigenvalue weighted by atomic mass is 16.6. The van der Waals surface area contributed by atoms with E-state index in [0.29, 0.717) is 12.5 Å². The van der Waals surface area contributed by atoms with E-state index in [0.717, 1.165) is 51.4 Å². The molecule has 0 aromatic heterocycles. The topological polar surface area (TPSA) is 88.1 Å². The summed E-state index contributed by atoms with van der Waals surface area (Å²) in [4.78, 5) is 36.8. The second-order valence-electron chi connectivity index (χ2n) is 17.1. The van der Waals surface area contributed by atoms with E-state index in [1.54, 1.807) is 6.92 Å². The Kier molecular flexibility index (Phi) is 6.92. The lowest BCUT2D eigenvalue weighted by Crippen LogP contribution is -2.73. The van der Waals surface area contributed by atoms with Gasteiger partial charge in [0.15, 0.2) is 0 Å². The Bertz CT molecular complexity index is 1240. The molecule has 1 saturated heterocycles. The summed E-state index contributed by atoms with van der Waals surface area (Å²) < 4.78 is 25.1. The molecule has 5 fully saturated rings.